The third kappa shape index (κ3) is 3.70. The van der Waals surface area contributed by atoms with Crippen LogP contribution >= 0.6 is 0 Å². The number of nitrogens with one attached hydrogen (secondary N) is 1. The Bertz CT molecular complexity index is 659. The van der Waals surface area contributed by atoms with Crippen LogP contribution in [0.4, 0.5) is 0 Å². The van der Waals surface area contributed by atoms with Crippen molar-refractivity contribution in [1.82, 2.24) is 9.88 Å². The standard InChI is InChI=1S/C18H24N2O2/c1-13-11-16(14(2)20(13)3)12-19-18(21)10-9-15-7-5-6-8-17(15)22-4/h5-8,11H,9-10,12H2,1-4H3,(H,19,21). The minimum absolute atomic E-state index is 0.0619. The third-order valence-electron chi connectivity index (χ3n) is 4.17. The maximum atomic E-state index is 12.0. The number of ether oxygens (including phenoxy) is 1. The smallest absolute Gasteiger partial charge is 0.220 e. The van der Waals surface area contributed by atoms with Crippen molar-refractivity contribution in [3.8, 4) is 5.75 Å². The topological polar surface area (TPSA) is 43.3 Å². The largest absolute Gasteiger partial charge is 0.496 e. The second-order valence-corrected chi connectivity index (χ2v) is 5.54. The second kappa shape index (κ2) is 7.16. The zero-order valence-corrected chi connectivity index (χ0v) is 13.8. The molecule has 0 saturated heterocycles. The first-order chi connectivity index (χ1) is 10.5. The van der Waals surface area contributed by atoms with E-state index < -0.39 is 0 Å². The van der Waals surface area contributed by atoms with Crippen molar-refractivity contribution in [3.05, 3.63) is 52.8 Å². The number of aromatic nitrogens is 1. The van der Waals surface area contributed by atoms with Gasteiger partial charge in [0.15, 0.2) is 0 Å². The summed E-state index contributed by atoms with van der Waals surface area (Å²) in [6.45, 7) is 4.72. The molecule has 0 atom stereocenters. The van der Waals surface area contributed by atoms with E-state index in [4.69, 9.17) is 4.74 Å². The maximum Gasteiger partial charge on any atom is 0.220 e. The first-order valence-electron chi connectivity index (χ1n) is 7.53. The van der Waals surface area contributed by atoms with Crippen molar-refractivity contribution in [2.24, 2.45) is 7.05 Å². The Hall–Kier alpha value is -2.23. The number of aryl methyl sites for hydroxylation is 2. The molecule has 4 nitrogen and oxygen atoms in total. The lowest BCUT2D eigenvalue weighted by atomic mass is 10.1. The normalized spacial score (nSPS) is 10.5. The molecule has 1 amide bonds. The van der Waals surface area contributed by atoms with E-state index in [2.05, 4.69) is 29.8 Å². The van der Waals surface area contributed by atoms with Gasteiger partial charge in [-0.05, 0) is 43.5 Å². The fraction of sp³-hybridized carbons (Fsp3) is 0.389. The van der Waals surface area contributed by atoms with Gasteiger partial charge in [0.2, 0.25) is 5.91 Å². The van der Waals surface area contributed by atoms with Crippen LogP contribution in [-0.4, -0.2) is 17.6 Å². The zero-order valence-electron chi connectivity index (χ0n) is 13.8. The van der Waals surface area contributed by atoms with E-state index in [-0.39, 0.29) is 5.91 Å². The average Bonchev–Trinajstić information content (AvgIpc) is 2.78. The number of hydrogen-bond acceptors (Lipinski definition) is 2. The highest BCUT2D eigenvalue weighted by molar-refractivity contribution is 5.76. The van der Waals surface area contributed by atoms with Gasteiger partial charge in [0.25, 0.3) is 0 Å². The number of methoxy groups -OCH3 is 1. The SMILES string of the molecule is COc1ccccc1CCC(=O)NCc1cc(C)n(C)c1C. The molecule has 0 unspecified atom stereocenters. The number of benzene rings is 1. The summed E-state index contributed by atoms with van der Waals surface area (Å²) in [4.78, 5) is 12.0. The van der Waals surface area contributed by atoms with E-state index in [1.165, 1.54) is 17.0 Å². The minimum Gasteiger partial charge on any atom is -0.496 e. The Balaban J connectivity index is 1.87. The molecule has 0 spiro atoms. The molecule has 2 rings (SSSR count). The molecule has 0 aliphatic heterocycles. The molecule has 0 aliphatic carbocycles. The van der Waals surface area contributed by atoms with E-state index in [9.17, 15) is 4.79 Å². The van der Waals surface area contributed by atoms with E-state index in [0.717, 1.165) is 11.3 Å². The van der Waals surface area contributed by atoms with Crippen molar-refractivity contribution in [2.75, 3.05) is 7.11 Å². The highest BCUT2D eigenvalue weighted by atomic mass is 16.5. The summed E-state index contributed by atoms with van der Waals surface area (Å²) in [7, 11) is 3.69. The number of rotatable bonds is 6. The Labute approximate surface area is 132 Å². The van der Waals surface area contributed by atoms with E-state index in [0.29, 0.717) is 19.4 Å². The van der Waals surface area contributed by atoms with Crippen LogP contribution in [0.25, 0.3) is 0 Å². The zero-order chi connectivity index (χ0) is 16.1. The predicted molar refractivity (Wildman–Crippen MR) is 88.0 cm³/mol. The van der Waals surface area contributed by atoms with Gasteiger partial charge in [-0.1, -0.05) is 18.2 Å². The van der Waals surface area contributed by atoms with Crippen LogP contribution in [0, 0.1) is 13.8 Å². The number of carbonyl (C=O) groups is 1. The Morgan fingerprint density at radius 2 is 1.95 bits per heavy atom. The van der Waals surface area contributed by atoms with Crippen LogP contribution in [0.2, 0.25) is 0 Å². The summed E-state index contributed by atoms with van der Waals surface area (Å²) in [6.07, 6.45) is 1.15. The molecule has 0 radical (unpaired) electrons. The van der Waals surface area contributed by atoms with Gasteiger partial charge in [0.05, 0.1) is 7.11 Å². The predicted octanol–water partition coefficient (Wildman–Crippen LogP) is 2.90. The molecule has 118 valence electrons. The lowest BCUT2D eigenvalue weighted by Crippen LogP contribution is -2.23. The van der Waals surface area contributed by atoms with Crippen molar-refractivity contribution in [2.45, 2.75) is 33.2 Å². The lowest BCUT2D eigenvalue weighted by Gasteiger charge is -2.09. The van der Waals surface area contributed by atoms with Crippen LogP contribution < -0.4 is 10.1 Å². The summed E-state index contributed by atoms with van der Waals surface area (Å²) in [6, 6.07) is 9.94. The van der Waals surface area contributed by atoms with Crippen LogP contribution in [0.1, 0.15) is 28.9 Å². The van der Waals surface area contributed by atoms with Crippen molar-refractivity contribution >= 4 is 5.91 Å². The number of hydrogen-bond donors (Lipinski definition) is 1. The number of nitrogens with zero attached hydrogens (tertiary/aromatic N) is 1. The van der Waals surface area contributed by atoms with Gasteiger partial charge in [-0.2, -0.15) is 0 Å². The van der Waals surface area contributed by atoms with Crippen molar-refractivity contribution < 1.29 is 9.53 Å². The highest BCUT2D eigenvalue weighted by Crippen LogP contribution is 2.19. The van der Waals surface area contributed by atoms with Crippen LogP contribution in [0.5, 0.6) is 5.75 Å². The molecule has 1 aromatic carbocycles. The van der Waals surface area contributed by atoms with Gasteiger partial charge in [-0.3, -0.25) is 4.79 Å². The quantitative estimate of drug-likeness (QED) is 0.891. The second-order valence-electron chi connectivity index (χ2n) is 5.54. The first-order valence-corrected chi connectivity index (χ1v) is 7.53. The van der Waals surface area contributed by atoms with Crippen molar-refractivity contribution in [3.63, 3.8) is 0 Å². The number of amides is 1. The summed E-state index contributed by atoms with van der Waals surface area (Å²) in [5, 5.41) is 2.99. The fourth-order valence-electron chi connectivity index (χ4n) is 2.55. The van der Waals surface area contributed by atoms with Gasteiger partial charge in [-0.15, -0.1) is 0 Å². The van der Waals surface area contributed by atoms with Gasteiger partial charge < -0.3 is 14.6 Å². The molecule has 0 fully saturated rings. The van der Waals surface area contributed by atoms with Gasteiger partial charge in [-0.25, -0.2) is 0 Å². The van der Waals surface area contributed by atoms with E-state index in [1.54, 1.807) is 7.11 Å². The maximum absolute atomic E-state index is 12.0. The molecule has 2 aromatic rings. The van der Waals surface area contributed by atoms with Crippen LogP contribution in [-0.2, 0) is 24.8 Å². The lowest BCUT2D eigenvalue weighted by molar-refractivity contribution is -0.121. The Morgan fingerprint density at radius 3 is 2.59 bits per heavy atom. The highest BCUT2D eigenvalue weighted by Gasteiger charge is 2.09. The molecule has 0 aliphatic rings. The van der Waals surface area contributed by atoms with Gasteiger partial charge in [0, 0.05) is 31.4 Å². The monoisotopic (exact) mass is 300 g/mol. The summed E-state index contributed by atoms with van der Waals surface area (Å²) < 4.78 is 7.44. The molecular formula is C18H24N2O2. The third-order valence-corrected chi connectivity index (χ3v) is 4.17. The van der Waals surface area contributed by atoms with Crippen LogP contribution in [0.15, 0.2) is 30.3 Å². The summed E-state index contributed by atoms with van der Waals surface area (Å²) >= 11 is 0. The van der Waals surface area contributed by atoms with Crippen LogP contribution in [0.3, 0.4) is 0 Å². The molecular weight excluding hydrogens is 276 g/mol. The molecule has 1 N–H and O–H groups in total. The molecule has 1 heterocycles. The summed E-state index contributed by atoms with van der Waals surface area (Å²) in [5.74, 6) is 0.900. The fourth-order valence-corrected chi connectivity index (χ4v) is 2.55. The Kier molecular flexibility index (Phi) is 5.26. The van der Waals surface area contributed by atoms with Gasteiger partial charge >= 0.3 is 0 Å². The number of para-hydroxylation sites is 1. The molecule has 0 saturated carbocycles. The minimum atomic E-state index is 0.0619. The Morgan fingerprint density at radius 1 is 1.23 bits per heavy atom. The number of carbonyl (C=O) groups excluding carboxylic acids is 1. The molecule has 4 heteroatoms. The van der Waals surface area contributed by atoms with E-state index >= 15 is 0 Å². The molecule has 22 heavy (non-hydrogen) atoms. The first kappa shape index (κ1) is 16.1. The average molecular weight is 300 g/mol. The summed E-state index contributed by atoms with van der Waals surface area (Å²) in [5.41, 5.74) is 4.64. The molecule has 0 bridgehead atoms. The van der Waals surface area contributed by atoms with Gasteiger partial charge in [0.1, 0.15) is 5.75 Å². The molecule has 1 aromatic heterocycles. The van der Waals surface area contributed by atoms with E-state index in [1.807, 2.05) is 31.3 Å². The van der Waals surface area contributed by atoms with Crippen molar-refractivity contribution in [1.29, 1.82) is 0 Å².